The standard InChI is InChI=1S/C21H20ClN5O2S2/c22-16-8-6-15(7-9-16)19(29)26-10-12-27(13-11-26)20-24-25-21(31-20)30-14-18(28)23-17-4-2-1-3-5-17/h1-9H,10-14H2,(H,23,28). The second kappa shape index (κ2) is 10.1. The molecule has 2 aromatic carbocycles. The molecule has 1 N–H and O–H groups in total. The molecule has 4 rings (SSSR count). The van der Waals surface area contributed by atoms with Crippen molar-refractivity contribution >= 4 is 57.3 Å². The number of anilines is 2. The third-order valence-corrected chi connectivity index (χ3v) is 7.08. The average Bonchev–Trinajstić information content (AvgIpc) is 3.28. The van der Waals surface area contributed by atoms with Crippen LogP contribution in [0.4, 0.5) is 10.8 Å². The summed E-state index contributed by atoms with van der Waals surface area (Å²) in [4.78, 5) is 28.7. The predicted octanol–water partition coefficient (Wildman–Crippen LogP) is 3.88. The Morgan fingerprint density at radius 2 is 1.71 bits per heavy atom. The first kappa shape index (κ1) is 21.6. The zero-order valence-corrected chi connectivity index (χ0v) is 18.9. The maximum Gasteiger partial charge on any atom is 0.253 e. The molecule has 3 aromatic rings. The maximum atomic E-state index is 12.6. The number of rotatable bonds is 6. The van der Waals surface area contributed by atoms with Gasteiger partial charge in [0.25, 0.3) is 5.91 Å². The number of nitrogens with one attached hydrogen (secondary N) is 1. The van der Waals surface area contributed by atoms with E-state index < -0.39 is 0 Å². The van der Waals surface area contributed by atoms with Gasteiger partial charge in [-0.1, -0.05) is 52.9 Å². The Balaban J connectivity index is 1.25. The van der Waals surface area contributed by atoms with Crippen LogP contribution in [0.1, 0.15) is 10.4 Å². The van der Waals surface area contributed by atoms with E-state index in [0.29, 0.717) is 36.8 Å². The molecule has 1 saturated heterocycles. The topological polar surface area (TPSA) is 78.4 Å². The molecule has 1 fully saturated rings. The second-order valence-electron chi connectivity index (χ2n) is 6.84. The molecule has 1 aromatic heterocycles. The van der Waals surface area contributed by atoms with Gasteiger partial charge < -0.3 is 15.1 Å². The van der Waals surface area contributed by atoms with Crippen LogP contribution in [0.3, 0.4) is 0 Å². The van der Waals surface area contributed by atoms with Gasteiger partial charge in [-0.05, 0) is 36.4 Å². The summed E-state index contributed by atoms with van der Waals surface area (Å²) in [6.45, 7) is 2.60. The molecule has 2 heterocycles. The van der Waals surface area contributed by atoms with Gasteiger partial charge in [-0.2, -0.15) is 0 Å². The largest absolute Gasteiger partial charge is 0.343 e. The number of thioether (sulfide) groups is 1. The lowest BCUT2D eigenvalue weighted by Crippen LogP contribution is -2.48. The first-order valence-electron chi connectivity index (χ1n) is 9.69. The molecule has 7 nitrogen and oxygen atoms in total. The smallest absolute Gasteiger partial charge is 0.253 e. The van der Waals surface area contributed by atoms with E-state index in [9.17, 15) is 9.59 Å². The number of hydrogen-bond donors (Lipinski definition) is 1. The SMILES string of the molecule is O=C(CSc1nnc(N2CCN(C(=O)c3ccc(Cl)cc3)CC2)s1)Nc1ccccc1. The zero-order valence-electron chi connectivity index (χ0n) is 16.5. The van der Waals surface area contributed by atoms with Crippen molar-refractivity contribution in [2.24, 2.45) is 0 Å². The molecular weight excluding hydrogens is 454 g/mol. The van der Waals surface area contributed by atoms with E-state index >= 15 is 0 Å². The lowest BCUT2D eigenvalue weighted by atomic mass is 10.2. The van der Waals surface area contributed by atoms with E-state index in [1.807, 2.05) is 35.2 Å². The van der Waals surface area contributed by atoms with E-state index in [2.05, 4.69) is 20.4 Å². The summed E-state index contributed by atoms with van der Waals surface area (Å²) < 4.78 is 0.748. The van der Waals surface area contributed by atoms with Crippen molar-refractivity contribution in [2.45, 2.75) is 4.34 Å². The number of halogens is 1. The Kier molecular flexibility index (Phi) is 7.06. The number of benzene rings is 2. The molecule has 0 unspecified atom stereocenters. The molecule has 1 aliphatic rings. The fourth-order valence-electron chi connectivity index (χ4n) is 3.11. The second-order valence-corrected chi connectivity index (χ2v) is 9.45. The summed E-state index contributed by atoms with van der Waals surface area (Å²) in [5, 5.41) is 12.7. The predicted molar refractivity (Wildman–Crippen MR) is 125 cm³/mol. The fourth-order valence-corrected chi connectivity index (χ4v) is 4.93. The van der Waals surface area contributed by atoms with Crippen LogP contribution in [0, 0.1) is 0 Å². The van der Waals surface area contributed by atoms with Crippen LogP contribution in [-0.2, 0) is 4.79 Å². The summed E-state index contributed by atoms with van der Waals surface area (Å²) >= 11 is 8.73. The minimum Gasteiger partial charge on any atom is -0.343 e. The van der Waals surface area contributed by atoms with Crippen molar-refractivity contribution in [1.82, 2.24) is 15.1 Å². The molecule has 10 heteroatoms. The van der Waals surface area contributed by atoms with Crippen LogP contribution < -0.4 is 10.2 Å². The lowest BCUT2D eigenvalue weighted by Gasteiger charge is -2.34. The number of aromatic nitrogens is 2. The first-order valence-corrected chi connectivity index (χ1v) is 11.9. The Hall–Kier alpha value is -2.62. The number of carbonyl (C=O) groups is 2. The molecule has 0 radical (unpaired) electrons. The summed E-state index contributed by atoms with van der Waals surface area (Å²) in [5.41, 5.74) is 1.42. The van der Waals surface area contributed by atoms with E-state index in [4.69, 9.17) is 11.6 Å². The van der Waals surface area contributed by atoms with E-state index in [0.717, 1.165) is 15.2 Å². The quantitative estimate of drug-likeness (QED) is 0.547. The molecule has 1 aliphatic heterocycles. The Morgan fingerprint density at radius 1 is 1.00 bits per heavy atom. The van der Waals surface area contributed by atoms with E-state index in [1.165, 1.54) is 23.1 Å². The molecule has 0 saturated carbocycles. The number of hydrogen-bond acceptors (Lipinski definition) is 7. The highest BCUT2D eigenvalue weighted by atomic mass is 35.5. The molecule has 0 atom stereocenters. The maximum absolute atomic E-state index is 12.6. The van der Waals surface area contributed by atoms with Crippen molar-refractivity contribution < 1.29 is 9.59 Å². The molecule has 160 valence electrons. The van der Waals surface area contributed by atoms with Gasteiger partial charge in [0.2, 0.25) is 11.0 Å². The molecule has 0 bridgehead atoms. The average molecular weight is 474 g/mol. The number of piperazine rings is 1. The minimum atomic E-state index is -0.0812. The summed E-state index contributed by atoms with van der Waals surface area (Å²) in [7, 11) is 0. The highest BCUT2D eigenvalue weighted by Crippen LogP contribution is 2.29. The monoisotopic (exact) mass is 473 g/mol. The molecule has 31 heavy (non-hydrogen) atoms. The van der Waals surface area contributed by atoms with Gasteiger partial charge in [0, 0.05) is 42.5 Å². The number of nitrogens with zero attached hydrogens (tertiary/aromatic N) is 4. The normalized spacial score (nSPS) is 13.8. The summed E-state index contributed by atoms with van der Waals surface area (Å²) in [6, 6.07) is 16.3. The number of amides is 2. The lowest BCUT2D eigenvalue weighted by molar-refractivity contribution is -0.113. The molecule has 2 amide bonds. The van der Waals surface area contributed by atoms with Gasteiger partial charge in [-0.3, -0.25) is 9.59 Å². The van der Waals surface area contributed by atoms with Gasteiger partial charge in [-0.25, -0.2) is 0 Å². The van der Waals surface area contributed by atoms with Crippen molar-refractivity contribution in [3.8, 4) is 0 Å². The van der Waals surface area contributed by atoms with E-state index in [1.54, 1.807) is 24.3 Å². The van der Waals surface area contributed by atoms with Crippen molar-refractivity contribution in [3.05, 3.63) is 65.2 Å². The fraction of sp³-hybridized carbons (Fsp3) is 0.238. The third kappa shape index (κ3) is 5.75. The minimum absolute atomic E-state index is 0.00857. The summed E-state index contributed by atoms with van der Waals surface area (Å²) in [6.07, 6.45) is 0. The van der Waals surface area contributed by atoms with Crippen LogP contribution in [-0.4, -0.2) is 58.8 Å². The van der Waals surface area contributed by atoms with Gasteiger partial charge in [-0.15, -0.1) is 10.2 Å². The van der Waals surface area contributed by atoms with Crippen molar-refractivity contribution in [2.75, 3.05) is 42.1 Å². The van der Waals surface area contributed by atoms with Gasteiger partial charge in [0.15, 0.2) is 4.34 Å². The van der Waals surface area contributed by atoms with Crippen LogP contribution in [0.5, 0.6) is 0 Å². The Labute approximate surface area is 193 Å². The van der Waals surface area contributed by atoms with Gasteiger partial charge in [0.05, 0.1) is 5.75 Å². The first-order chi connectivity index (χ1) is 15.1. The van der Waals surface area contributed by atoms with Crippen LogP contribution in [0.25, 0.3) is 0 Å². The van der Waals surface area contributed by atoms with Crippen LogP contribution >= 0.6 is 34.7 Å². The van der Waals surface area contributed by atoms with Crippen molar-refractivity contribution in [1.29, 1.82) is 0 Å². The number of para-hydroxylation sites is 1. The molecule has 0 spiro atoms. The Bertz CT molecular complexity index is 1040. The number of carbonyl (C=O) groups excluding carboxylic acids is 2. The highest BCUT2D eigenvalue weighted by Gasteiger charge is 2.24. The van der Waals surface area contributed by atoms with Gasteiger partial charge >= 0.3 is 0 Å². The zero-order chi connectivity index (χ0) is 21.6. The Morgan fingerprint density at radius 3 is 2.42 bits per heavy atom. The third-order valence-electron chi connectivity index (χ3n) is 4.71. The van der Waals surface area contributed by atoms with Crippen LogP contribution in [0.2, 0.25) is 5.02 Å². The van der Waals surface area contributed by atoms with Crippen LogP contribution in [0.15, 0.2) is 58.9 Å². The molecule has 0 aliphatic carbocycles. The van der Waals surface area contributed by atoms with Crippen molar-refractivity contribution in [3.63, 3.8) is 0 Å². The van der Waals surface area contributed by atoms with Gasteiger partial charge in [0.1, 0.15) is 0 Å². The highest BCUT2D eigenvalue weighted by molar-refractivity contribution is 8.01. The summed E-state index contributed by atoms with van der Waals surface area (Å²) in [5.74, 6) is 0.198. The van der Waals surface area contributed by atoms with E-state index in [-0.39, 0.29) is 17.6 Å². The molecular formula is C21H20ClN5O2S2.